The zero-order valence-electron chi connectivity index (χ0n) is 13.7. The van der Waals surface area contributed by atoms with Crippen LogP contribution in [0.15, 0.2) is 30.5 Å². The molecule has 1 aliphatic rings. The van der Waals surface area contributed by atoms with E-state index in [2.05, 4.69) is 23.0 Å². The van der Waals surface area contributed by atoms with Crippen molar-refractivity contribution in [3.8, 4) is 0 Å². The summed E-state index contributed by atoms with van der Waals surface area (Å²) in [7, 11) is 0. The molecule has 0 spiro atoms. The first-order valence-electron chi connectivity index (χ1n) is 8.36. The van der Waals surface area contributed by atoms with Gasteiger partial charge in [0.15, 0.2) is 0 Å². The van der Waals surface area contributed by atoms with E-state index in [1.165, 1.54) is 5.56 Å². The number of hydrogen-bond acceptors (Lipinski definition) is 3. The molecule has 122 valence electrons. The Morgan fingerprint density at radius 1 is 1.43 bits per heavy atom. The van der Waals surface area contributed by atoms with E-state index < -0.39 is 6.04 Å². The number of aromatic amines is 1. The van der Waals surface area contributed by atoms with E-state index >= 15 is 0 Å². The Kier molecular flexibility index (Phi) is 4.48. The lowest BCUT2D eigenvalue weighted by molar-refractivity contribution is -0.120. The molecule has 5 heteroatoms. The lowest BCUT2D eigenvalue weighted by Gasteiger charge is -2.26. The Bertz CT molecular complexity index is 694. The van der Waals surface area contributed by atoms with Crippen molar-refractivity contribution in [1.29, 1.82) is 0 Å². The van der Waals surface area contributed by atoms with E-state index in [0.29, 0.717) is 6.42 Å². The number of anilines is 1. The molecule has 23 heavy (non-hydrogen) atoms. The van der Waals surface area contributed by atoms with Crippen molar-refractivity contribution >= 4 is 11.6 Å². The molecule has 1 aromatic carbocycles. The van der Waals surface area contributed by atoms with Crippen molar-refractivity contribution in [3.05, 3.63) is 47.5 Å². The second kappa shape index (κ2) is 6.54. The van der Waals surface area contributed by atoms with Crippen LogP contribution in [0, 0.1) is 0 Å². The van der Waals surface area contributed by atoms with Crippen LogP contribution in [-0.2, 0) is 17.6 Å². The summed E-state index contributed by atoms with van der Waals surface area (Å²) in [5, 5.41) is 0. The highest BCUT2D eigenvalue weighted by Gasteiger charge is 2.37. The maximum atomic E-state index is 12.8. The summed E-state index contributed by atoms with van der Waals surface area (Å²) in [6.45, 7) is 4.08. The minimum absolute atomic E-state index is 0.0316. The molecule has 0 fully saturated rings. The molecule has 3 N–H and O–H groups in total. The number of aromatic nitrogens is 2. The van der Waals surface area contributed by atoms with Crippen molar-refractivity contribution in [2.24, 2.45) is 5.73 Å². The number of nitrogens with two attached hydrogens (primary N) is 1. The molecule has 1 amide bonds. The fourth-order valence-corrected chi connectivity index (χ4v) is 3.17. The zero-order chi connectivity index (χ0) is 16.4. The normalized spacial score (nSPS) is 18.0. The molecule has 0 saturated heterocycles. The maximum absolute atomic E-state index is 12.8. The number of hydrogen-bond donors (Lipinski definition) is 2. The predicted octanol–water partition coefficient (Wildman–Crippen LogP) is 2.73. The molecule has 1 aliphatic heterocycles. The number of amides is 1. The minimum Gasteiger partial charge on any atom is -0.344 e. The Labute approximate surface area is 136 Å². The van der Waals surface area contributed by atoms with Crippen LogP contribution in [0.3, 0.4) is 0 Å². The highest BCUT2D eigenvalue weighted by molar-refractivity contribution is 5.99. The topological polar surface area (TPSA) is 75.0 Å². The molecule has 5 nitrogen and oxygen atoms in total. The van der Waals surface area contributed by atoms with Gasteiger partial charge in [0.05, 0.1) is 12.1 Å². The standard InChI is InChI=1S/C18H24N4O/c1-3-7-13-11-20-17(21-13)16-10-12-8-5-6-9-15(12)22(16)18(23)14(19)4-2/h5-6,8-9,11,14,16H,3-4,7,10,19H2,1-2H3,(H,20,21)/t14-,16?/m0/s1. The number of fused-ring (bicyclic) bond motifs is 1. The van der Waals surface area contributed by atoms with Crippen LogP contribution in [0.1, 0.15) is 49.8 Å². The third-order valence-corrected chi connectivity index (χ3v) is 4.45. The number of carbonyl (C=O) groups excluding carboxylic acids is 1. The summed E-state index contributed by atoms with van der Waals surface area (Å²) in [4.78, 5) is 22.6. The minimum atomic E-state index is -0.478. The lowest BCUT2D eigenvalue weighted by Crippen LogP contribution is -2.44. The molecule has 0 bridgehead atoms. The van der Waals surface area contributed by atoms with Crippen LogP contribution < -0.4 is 10.6 Å². The first-order chi connectivity index (χ1) is 11.2. The Hall–Kier alpha value is -2.14. The predicted molar refractivity (Wildman–Crippen MR) is 91.2 cm³/mol. The first-order valence-corrected chi connectivity index (χ1v) is 8.36. The number of rotatable bonds is 5. The smallest absolute Gasteiger partial charge is 0.244 e. The second-order valence-electron chi connectivity index (χ2n) is 6.12. The van der Waals surface area contributed by atoms with Crippen molar-refractivity contribution in [2.45, 2.75) is 51.6 Å². The number of nitrogens with zero attached hydrogens (tertiary/aromatic N) is 2. The molecule has 0 saturated carbocycles. The molecule has 1 unspecified atom stereocenters. The average Bonchev–Trinajstić information content (AvgIpc) is 3.17. The molecule has 3 rings (SSSR count). The van der Waals surface area contributed by atoms with E-state index in [4.69, 9.17) is 5.73 Å². The quantitative estimate of drug-likeness (QED) is 0.891. The maximum Gasteiger partial charge on any atom is 0.244 e. The highest BCUT2D eigenvalue weighted by atomic mass is 16.2. The number of benzene rings is 1. The fourth-order valence-electron chi connectivity index (χ4n) is 3.17. The van der Waals surface area contributed by atoms with Gasteiger partial charge in [0.1, 0.15) is 5.82 Å². The average molecular weight is 312 g/mol. The molecule has 2 heterocycles. The van der Waals surface area contributed by atoms with Crippen LogP contribution >= 0.6 is 0 Å². The number of nitrogens with one attached hydrogen (secondary N) is 1. The van der Waals surface area contributed by atoms with Gasteiger partial charge in [-0.15, -0.1) is 0 Å². The van der Waals surface area contributed by atoms with E-state index in [1.807, 2.05) is 36.2 Å². The second-order valence-corrected chi connectivity index (χ2v) is 6.12. The summed E-state index contributed by atoms with van der Waals surface area (Å²) in [6.07, 6.45) is 5.32. The Balaban J connectivity index is 1.96. The molecular formula is C18H24N4O. The summed E-state index contributed by atoms with van der Waals surface area (Å²) in [5.41, 5.74) is 9.27. The molecule has 0 aliphatic carbocycles. The number of imidazole rings is 1. The number of H-pyrrole nitrogens is 1. The first kappa shape index (κ1) is 15.7. The molecule has 1 aromatic heterocycles. The van der Waals surface area contributed by atoms with Gasteiger partial charge in [0, 0.05) is 24.0 Å². The molecular weight excluding hydrogens is 288 g/mol. The van der Waals surface area contributed by atoms with Crippen molar-refractivity contribution in [2.75, 3.05) is 4.90 Å². The summed E-state index contributed by atoms with van der Waals surface area (Å²) < 4.78 is 0. The van der Waals surface area contributed by atoms with E-state index in [-0.39, 0.29) is 11.9 Å². The Morgan fingerprint density at radius 3 is 2.96 bits per heavy atom. The summed E-state index contributed by atoms with van der Waals surface area (Å²) >= 11 is 0. The number of aryl methyl sites for hydroxylation is 1. The van der Waals surface area contributed by atoms with Crippen LogP contribution in [0.2, 0.25) is 0 Å². The fraction of sp³-hybridized carbons (Fsp3) is 0.444. The third kappa shape index (κ3) is 2.88. The lowest BCUT2D eigenvalue weighted by atomic mass is 10.1. The van der Waals surface area contributed by atoms with Crippen LogP contribution in [0.5, 0.6) is 0 Å². The number of para-hydroxylation sites is 1. The molecule has 2 aromatic rings. The van der Waals surface area contributed by atoms with Gasteiger partial charge in [0.2, 0.25) is 5.91 Å². The van der Waals surface area contributed by atoms with Gasteiger partial charge in [-0.1, -0.05) is 38.5 Å². The van der Waals surface area contributed by atoms with Crippen LogP contribution in [-0.4, -0.2) is 21.9 Å². The van der Waals surface area contributed by atoms with Gasteiger partial charge >= 0.3 is 0 Å². The third-order valence-electron chi connectivity index (χ3n) is 4.45. The van der Waals surface area contributed by atoms with Gasteiger partial charge in [-0.3, -0.25) is 9.69 Å². The van der Waals surface area contributed by atoms with Crippen molar-refractivity contribution in [1.82, 2.24) is 9.97 Å². The monoisotopic (exact) mass is 312 g/mol. The van der Waals surface area contributed by atoms with E-state index in [0.717, 1.165) is 36.5 Å². The van der Waals surface area contributed by atoms with Gasteiger partial charge in [-0.05, 0) is 24.5 Å². The van der Waals surface area contributed by atoms with Gasteiger partial charge in [-0.2, -0.15) is 0 Å². The van der Waals surface area contributed by atoms with Crippen LogP contribution in [0.4, 0.5) is 5.69 Å². The van der Waals surface area contributed by atoms with E-state index in [1.54, 1.807) is 0 Å². The van der Waals surface area contributed by atoms with Crippen molar-refractivity contribution in [3.63, 3.8) is 0 Å². The SMILES string of the molecule is CCCc1cnc(C2Cc3ccccc3N2C(=O)[C@@H](N)CC)[nH]1. The highest BCUT2D eigenvalue weighted by Crippen LogP contribution is 2.39. The zero-order valence-corrected chi connectivity index (χ0v) is 13.7. The molecule has 0 radical (unpaired) electrons. The summed E-state index contributed by atoms with van der Waals surface area (Å²) in [5.74, 6) is 0.817. The van der Waals surface area contributed by atoms with Gasteiger partial charge in [0.25, 0.3) is 0 Å². The van der Waals surface area contributed by atoms with Crippen LogP contribution in [0.25, 0.3) is 0 Å². The van der Waals surface area contributed by atoms with Gasteiger partial charge in [-0.25, -0.2) is 4.98 Å². The molecule has 2 atom stereocenters. The Morgan fingerprint density at radius 2 is 2.22 bits per heavy atom. The largest absolute Gasteiger partial charge is 0.344 e. The van der Waals surface area contributed by atoms with Crippen molar-refractivity contribution < 1.29 is 4.79 Å². The van der Waals surface area contributed by atoms with E-state index in [9.17, 15) is 4.79 Å². The van der Waals surface area contributed by atoms with Gasteiger partial charge < -0.3 is 10.7 Å². The number of carbonyl (C=O) groups is 1. The summed E-state index contributed by atoms with van der Waals surface area (Å²) in [6, 6.07) is 7.46.